The van der Waals surface area contributed by atoms with Crippen LogP contribution >= 0.6 is 24.8 Å². The lowest BCUT2D eigenvalue weighted by Crippen LogP contribution is -2.43. The van der Waals surface area contributed by atoms with Crippen molar-refractivity contribution in [3.05, 3.63) is 0 Å². The monoisotopic (exact) mass is 313 g/mol. The molecule has 1 atom stereocenters. The molecule has 1 aliphatic heterocycles. The first kappa shape index (κ1) is 21.3. The summed E-state index contributed by atoms with van der Waals surface area (Å²) in [6, 6.07) is 0.273. The number of carbonyl (C=O) groups is 1. The molecule has 0 aromatic carbocycles. The topological polar surface area (TPSA) is 44.4 Å². The van der Waals surface area contributed by atoms with Gasteiger partial charge in [0.2, 0.25) is 5.91 Å². The molecule has 1 heterocycles. The number of piperidine rings is 1. The van der Waals surface area contributed by atoms with Crippen molar-refractivity contribution in [2.45, 2.75) is 45.1 Å². The zero-order valence-corrected chi connectivity index (χ0v) is 13.7. The van der Waals surface area contributed by atoms with E-state index in [9.17, 15) is 4.79 Å². The molecule has 0 bridgehead atoms. The highest BCUT2D eigenvalue weighted by atomic mass is 35.5. The van der Waals surface area contributed by atoms with Crippen LogP contribution in [0, 0.1) is 0 Å². The zero-order chi connectivity index (χ0) is 12.5. The van der Waals surface area contributed by atoms with Crippen LogP contribution in [0.15, 0.2) is 0 Å². The van der Waals surface area contributed by atoms with Gasteiger partial charge in [-0.2, -0.15) is 0 Å². The molecule has 1 amide bonds. The van der Waals surface area contributed by atoms with Gasteiger partial charge in [-0.15, -0.1) is 24.8 Å². The molecule has 2 N–H and O–H groups in total. The third-order valence-electron chi connectivity index (χ3n) is 3.22. The first-order valence-corrected chi connectivity index (χ1v) is 6.88. The molecule has 0 aromatic heterocycles. The summed E-state index contributed by atoms with van der Waals surface area (Å²) in [4.78, 5) is 14.1. The molecule has 116 valence electrons. The zero-order valence-electron chi connectivity index (χ0n) is 12.1. The number of rotatable bonds is 7. The lowest BCUT2D eigenvalue weighted by atomic mass is 10.1. The van der Waals surface area contributed by atoms with Crippen LogP contribution in [0.5, 0.6) is 0 Å². The predicted molar refractivity (Wildman–Crippen MR) is 85.6 cm³/mol. The quantitative estimate of drug-likeness (QED) is 0.705. The van der Waals surface area contributed by atoms with E-state index in [0.29, 0.717) is 6.42 Å². The van der Waals surface area contributed by atoms with E-state index in [1.165, 1.54) is 32.4 Å². The SMILES string of the molecule is CNCCCC(=O)NC(C)CN1CCCCC1.Cl.Cl. The Morgan fingerprint density at radius 1 is 1.21 bits per heavy atom. The van der Waals surface area contributed by atoms with Gasteiger partial charge >= 0.3 is 0 Å². The largest absolute Gasteiger partial charge is 0.352 e. The second-order valence-electron chi connectivity index (χ2n) is 5.04. The van der Waals surface area contributed by atoms with Crippen LogP contribution in [-0.2, 0) is 4.79 Å². The lowest BCUT2D eigenvalue weighted by Gasteiger charge is -2.29. The number of halogens is 2. The number of nitrogens with zero attached hydrogens (tertiary/aromatic N) is 1. The van der Waals surface area contributed by atoms with Gasteiger partial charge < -0.3 is 15.5 Å². The Kier molecular flexibility index (Phi) is 14.5. The van der Waals surface area contributed by atoms with Crippen molar-refractivity contribution in [3.63, 3.8) is 0 Å². The number of amides is 1. The van der Waals surface area contributed by atoms with Crippen LogP contribution in [0.3, 0.4) is 0 Å². The van der Waals surface area contributed by atoms with Crippen LogP contribution in [0.2, 0.25) is 0 Å². The molecule has 19 heavy (non-hydrogen) atoms. The van der Waals surface area contributed by atoms with Gasteiger partial charge in [0.1, 0.15) is 0 Å². The minimum Gasteiger partial charge on any atom is -0.352 e. The van der Waals surface area contributed by atoms with Gasteiger partial charge in [0.05, 0.1) is 0 Å². The molecule has 1 fully saturated rings. The third-order valence-corrected chi connectivity index (χ3v) is 3.22. The fourth-order valence-electron chi connectivity index (χ4n) is 2.35. The van der Waals surface area contributed by atoms with Crippen molar-refractivity contribution in [2.24, 2.45) is 0 Å². The van der Waals surface area contributed by atoms with Crippen LogP contribution in [0.4, 0.5) is 0 Å². The first-order valence-electron chi connectivity index (χ1n) is 6.88. The maximum absolute atomic E-state index is 11.6. The van der Waals surface area contributed by atoms with E-state index < -0.39 is 0 Å². The van der Waals surface area contributed by atoms with Gasteiger partial charge in [-0.3, -0.25) is 4.79 Å². The van der Waals surface area contributed by atoms with E-state index in [1.807, 2.05) is 7.05 Å². The standard InChI is InChI=1S/C13H27N3O.2ClH/c1-12(11-16-9-4-3-5-10-16)15-13(17)7-6-8-14-2;;/h12,14H,3-11H2,1-2H3,(H,15,17);2*1H. The summed E-state index contributed by atoms with van der Waals surface area (Å²) >= 11 is 0. The van der Waals surface area contributed by atoms with E-state index >= 15 is 0 Å². The Hall–Kier alpha value is -0.0300. The van der Waals surface area contributed by atoms with Crippen molar-refractivity contribution < 1.29 is 4.79 Å². The molecule has 1 unspecified atom stereocenters. The molecule has 0 radical (unpaired) electrons. The highest BCUT2D eigenvalue weighted by molar-refractivity contribution is 5.85. The number of nitrogens with one attached hydrogen (secondary N) is 2. The maximum atomic E-state index is 11.6. The molecule has 1 saturated heterocycles. The molecule has 6 heteroatoms. The van der Waals surface area contributed by atoms with Gasteiger partial charge in [-0.25, -0.2) is 0 Å². The Bertz CT molecular complexity index is 224. The van der Waals surface area contributed by atoms with Crippen molar-refractivity contribution >= 4 is 30.7 Å². The van der Waals surface area contributed by atoms with E-state index in [2.05, 4.69) is 22.5 Å². The van der Waals surface area contributed by atoms with Crippen LogP contribution in [0.25, 0.3) is 0 Å². The molecule has 1 aliphatic rings. The second kappa shape index (κ2) is 13.0. The van der Waals surface area contributed by atoms with Gasteiger partial charge in [0.15, 0.2) is 0 Å². The Morgan fingerprint density at radius 2 is 1.84 bits per heavy atom. The number of likely N-dealkylation sites (tertiary alicyclic amines) is 1. The fourth-order valence-corrected chi connectivity index (χ4v) is 2.35. The molecule has 0 aromatic rings. The molecule has 4 nitrogen and oxygen atoms in total. The van der Waals surface area contributed by atoms with Crippen molar-refractivity contribution in [3.8, 4) is 0 Å². The number of carbonyl (C=O) groups excluding carboxylic acids is 1. The van der Waals surface area contributed by atoms with E-state index in [0.717, 1.165) is 19.5 Å². The molecular formula is C13H29Cl2N3O. The van der Waals surface area contributed by atoms with Crippen molar-refractivity contribution in [1.82, 2.24) is 15.5 Å². The van der Waals surface area contributed by atoms with Gasteiger partial charge in [0, 0.05) is 19.0 Å². The molecule has 0 aliphatic carbocycles. The highest BCUT2D eigenvalue weighted by Gasteiger charge is 2.14. The van der Waals surface area contributed by atoms with E-state index in [-0.39, 0.29) is 36.8 Å². The van der Waals surface area contributed by atoms with Gasteiger partial charge in [-0.1, -0.05) is 6.42 Å². The van der Waals surface area contributed by atoms with E-state index in [1.54, 1.807) is 0 Å². The average Bonchev–Trinajstić information content (AvgIpc) is 2.30. The minimum absolute atomic E-state index is 0. The van der Waals surface area contributed by atoms with Crippen molar-refractivity contribution in [1.29, 1.82) is 0 Å². The maximum Gasteiger partial charge on any atom is 0.220 e. The summed E-state index contributed by atoms with van der Waals surface area (Å²) in [6.07, 6.45) is 5.52. The summed E-state index contributed by atoms with van der Waals surface area (Å²) < 4.78 is 0. The molecular weight excluding hydrogens is 285 g/mol. The second-order valence-corrected chi connectivity index (χ2v) is 5.04. The number of hydrogen-bond donors (Lipinski definition) is 2. The van der Waals surface area contributed by atoms with Crippen LogP contribution in [0.1, 0.15) is 39.0 Å². The third kappa shape index (κ3) is 10.4. The van der Waals surface area contributed by atoms with Crippen LogP contribution < -0.4 is 10.6 Å². The summed E-state index contributed by atoms with van der Waals surface area (Å²) in [7, 11) is 1.91. The Balaban J connectivity index is 0. The normalized spacial score (nSPS) is 16.9. The molecule has 0 spiro atoms. The Labute approximate surface area is 129 Å². The average molecular weight is 314 g/mol. The predicted octanol–water partition coefficient (Wildman–Crippen LogP) is 1.82. The Morgan fingerprint density at radius 3 is 2.42 bits per heavy atom. The van der Waals surface area contributed by atoms with Gasteiger partial charge in [-0.05, 0) is 52.9 Å². The van der Waals surface area contributed by atoms with Gasteiger partial charge in [0.25, 0.3) is 0 Å². The summed E-state index contributed by atoms with van der Waals surface area (Å²) in [6.45, 7) is 6.40. The summed E-state index contributed by atoms with van der Waals surface area (Å²) in [5.74, 6) is 0.185. The minimum atomic E-state index is 0. The fraction of sp³-hybridized carbons (Fsp3) is 0.923. The van der Waals surface area contributed by atoms with E-state index in [4.69, 9.17) is 0 Å². The summed E-state index contributed by atoms with van der Waals surface area (Å²) in [5, 5.41) is 6.13. The highest BCUT2D eigenvalue weighted by Crippen LogP contribution is 2.08. The first-order chi connectivity index (χ1) is 8.22. The van der Waals surface area contributed by atoms with Crippen molar-refractivity contribution in [2.75, 3.05) is 33.2 Å². The number of hydrogen-bond acceptors (Lipinski definition) is 3. The molecule has 1 rings (SSSR count). The lowest BCUT2D eigenvalue weighted by molar-refractivity contribution is -0.121. The molecule has 0 saturated carbocycles. The smallest absolute Gasteiger partial charge is 0.220 e. The summed E-state index contributed by atoms with van der Waals surface area (Å²) in [5.41, 5.74) is 0. The van der Waals surface area contributed by atoms with Crippen LogP contribution in [-0.4, -0.2) is 50.1 Å².